The molecule has 5 nitrogen and oxygen atoms in total. The minimum atomic E-state index is -5.23. The Balaban J connectivity index is 2.52. The number of benzene rings is 1. The molecule has 0 fully saturated rings. The fourth-order valence-electron chi connectivity index (χ4n) is 1.05. The Bertz CT molecular complexity index is 551. The van der Waals surface area contributed by atoms with Gasteiger partial charge in [0, 0.05) is 0 Å². The third-order valence-corrected chi connectivity index (χ3v) is 2.78. The molecule has 1 aromatic carbocycles. The molecule has 0 heterocycles. The van der Waals surface area contributed by atoms with E-state index in [1.54, 1.807) is 30.3 Å². The molecule has 0 unspecified atom stereocenters. The summed E-state index contributed by atoms with van der Waals surface area (Å²) in [4.78, 5) is 10.9. The van der Waals surface area contributed by atoms with Gasteiger partial charge in [0.15, 0.2) is 0 Å². The minimum Gasteiger partial charge on any atom is -0.429 e. The molecule has 0 bridgehead atoms. The summed E-state index contributed by atoms with van der Waals surface area (Å²) in [5.41, 5.74) is 1.38. The second-order valence-electron chi connectivity index (χ2n) is 3.32. The quantitative estimate of drug-likeness (QED) is 0.616. The van der Waals surface area contributed by atoms with Crippen molar-refractivity contribution in [2.75, 3.05) is 0 Å². The van der Waals surface area contributed by atoms with E-state index < -0.39 is 22.0 Å². The average molecular weight is 292 g/mol. The topological polar surface area (TPSA) is 69.7 Å². The summed E-state index contributed by atoms with van der Waals surface area (Å²) >= 11 is 0. The Labute approximate surface area is 108 Å². The lowest BCUT2D eigenvalue weighted by Gasteiger charge is -2.06. The number of carbonyl (C=O) groups excluding carboxylic acids is 1. The van der Waals surface area contributed by atoms with Crippen molar-refractivity contribution in [1.29, 1.82) is 0 Å². The number of carbonyl (C=O) groups is 1. The first kappa shape index (κ1) is 15.1. The van der Waals surface area contributed by atoms with Gasteiger partial charge in [-0.3, -0.25) is 0 Å². The molecule has 8 heteroatoms. The summed E-state index contributed by atoms with van der Waals surface area (Å²) in [5.74, 6) is -3.80. The molecule has 0 aromatic heterocycles. The van der Waals surface area contributed by atoms with E-state index in [0.29, 0.717) is 5.56 Å². The van der Waals surface area contributed by atoms with E-state index in [2.05, 4.69) is 15.5 Å². The van der Waals surface area contributed by atoms with E-state index in [1.807, 2.05) is 0 Å². The number of rotatable bonds is 5. The van der Waals surface area contributed by atoms with Gasteiger partial charge in [-0.1, -0.05) is 36.9 Å². The van der Waals surface area contributed by atoms with Crippen molar-refractivity contribution < 1.29 is 30.9 Å². The second kappa shape index (κ2) is 6.28. The highest BCUT2D eigenvalue weighted by molar-refractivity contribution is 7.87. The van der Waals surface area contributed by atoms with Gasteiger partial charge in [0.1, 0.15) is 6.61 Å². The molecule has 104 valence electrons. The molecule has 0 saturated heterocycles. The maximum Gasteiger partial charge on any atom is 0.524 e. The van der Waals surface area contributed by atoms with Crippen molar-refractivity contribution in [2.24, 2.45) is 0 Å². The van der Waals surface area contributed by atoms with Gasteiger partial charge in [0.25, 0.3) is 0 Å². The Morgan fingerprint density at radius 3 is 2.37 bits per heavy atom. The lowest BCUT2D eigenvalue weighted by Crippen LogP contribution is -2.20. The molecule has 0 amide bonds. The predicted octanol–water partition coefficient (Wildman–Crippen LogP) is 2.54. The van der Waals surface area contributed by atoms with Gasteiger partial charge in [0.2, 0.25) is 0 Å². The standard InChI is InChI=1S/C11H10F2O5S/c1-2-8-3-5-9(6-4-8)7-17-11(14)18-19(15,16)10(12)13/h2-6,10H,1,7H2. The largest absolute Gasteiger partial charge is 0.524 e. The molecule has 0 spiro atoms. The van der Waals surface area contributed by atoms with E-state index in [-0.39, 0.29) is 6.61 Å². The SMILES string of the molecule is C=Cc1ccc(COC(=O)OS(=O)(=O)C(F)F)cc1. The van der Waals surface area contributed by atoms with Crippen molar-refractivity contribution in [1.82, 2.24) is 0 Å². The lowest BCUT2D eigenvalue weighted by molar-refractivity contribution is 0.0896. The second-order valence-corrected chi connectivity index (χ2v) is 4.83. The molecule has 0 aliphatic rings. The van der Waals surface area contributed by atoms with E-state index in [1.165, 1.54) is 0 Å². The van der Waals surface area contributed by atoms with Crippen LogP contribution in [0.15, 0.2) is 30.8 Å². The predicted molar refractivity (Wildman–Crippen MR) is 62.7 cm³/mol. The zero-order valence-corrected chi connectivity index (χ0v) is 10.4. The first-order valence-electron chi connectivity index (χ1n) is 4.95. The highest BCUT2D eigenvalue weighted by atomic mass is 32.2. The van der Waals surface area contributed by atoms with Crippen LogP contribution in [-0.2, 0) is 25.6 Å². The van der Waals surface area contributed by atoms with Crippen LogP contribution in [0.5, 0.6) is 0 Å². The summed E-state index contributed by atoms with van der Waals surface area (Å²) in [7, 11) is -5.23. The molecule has 0 aliphatic carbocycles. The van der Waals surface area contributed by atoms with Gasteiger partial charge in [-0.2, -0.15) is 17.2 Å². The van der Waals surface area contributed by atoms with Gasteiger partial charge in [-0.05, 0) is 11.1 Å². The maximum absolute atomic E-state index is 11.9. The zero-order chi connectivity index (χ0) is 14.5. The molecule has 0 aliphatic heterocycles. The molecular weight excluding hydrogens is 282 g/mol. The molecule has 1 rings (SSSR count). The molecule has 1 aromatic rings. The fraction of sp³-hybridized carbons (Fsp3) is 0.182. The number of ether oxygens (including phenoxy) is 1. The summed E-state index contributed by atoms with van der Waals surface area (Å²) in [6.45, 7) is 3.25. The average Bonchev–Trinajstić information content (AvgIpc) is 2.36. The normalized spacial score (nSPS) is 11.1. The Hall–Kier alpha value is -1.96. The van der Waals surface area contributed by atoms with Crippen LogP contribution < -0.4 is 0 Å². The molecule has 19 heavy (non-hydrogen) atoms. The summed E-state index contributed by atoms with van der Waals surface area (Å²) in [6, 6.07) is 6.58. The molecule has 0 N–H and O–H groups in total. The van der Waals surface area contributed by atoms with Crippen LogP contribution in [0.1, 0.15) is 11.1 Å². The Morgan fingerprint density at radius 2 is 1.89 bits per heavy atom. The van der Waals surface area contributed by atoms with Gasteiger partial charge in [0.05, 0.1) is 0 Å². The van der Waals surface area contributed by atoms with Crippen molar-refractivity contribution in [3.63, 3.8) is 0 Å². The number of hydrogen-bond acceptors (Lipinski definition) is 5. The summed E-state index contributed by atoms with van der Waals surface area (Å²) in [5, 5.41) is 0. The van der Waals surface area contributed by atoms with E-state index in [4.69, 9.17) is 0 Å². The van der Waals surface area contributed by atoms with Crippen LogP contribution in [0.25, 0.3) is 6.08 Å². The van der Waals surface area contributed by atoms with Crippen LogP contribution in [0.4, 0.5) is 13.6 Å². The van der Waals surface area contributed by atoms with E-state index >= 15 is 0 Å². The molecular formula is C11H10F2O5S. The van der Waals surface area contributed by atoms with E-state index in [0.717, 1.165) is 5.56 Å². The van der Waals surface area contributed by atoms with Crippen molar-refractivity contribution in [3.8, 4) is 0 Å². The van der Waals surface area contributed by atoms with E-state index in [9.17, 15) is 22.0 Å². The minimum absolute atomic E-state index is 0.297. The van der Waals surface area contributed by atoms with Crippen LogP contribution in [0, 0.1) is 0 Å². The van der Waals surface area contributed by atoms with Crippen molar-refractivity contribution in [2.45, 2.75) is 12.4 Å². The van der Waals surface area contributed by atoms with Crippen molar-refractivity contribution in [3.05, 3.63) is 42.0 Å². The lowest BCUT2D eigenvalue weighted by atomic mass is 10.1. The fourth-order valence-corrected chi connectivity index (χ4v) is 1.36. The van der Waals surface area contributed by atoms with Gasteiger partial charge in [-0.15, -0.1) is 0 Å². The zero-order valence-electron chi connectivity index (χ0n) is 9.58. The maximum atomic E-state index is 11.9. The van der Waals surface area contributed by atoms with Crippen LogP contribution >= 0.6 is 0 Å². The highest BCUT2D eigenvalue weighted by Crippen LogP contribution is 2.10. The monoisotopic (exact) mass is 292 g/mol. The Morgan fingerprint density at radius 1 is 1.32 bits per heavy atom. The number of halogens is 2. The number of hydrogen-bond donors (Lipinski definition) is 0. The highest BCUT2D eigenvalue weighted by Gasteiger charge is 2.29. The number of alkyl halides is 2. The summed E-state index contributed by atoms with van der Waals surface area (Å²) in [6.07, 6.45) is -0.0956. The Kier molecular flexibility index (Phi) is 4.99. The van der Waals surface area contributed by atoms with Crippen LogP contribution in [0.3, 0.4) is 0 Å². The van der Waals surface area contributed by atoms with Gasteiger partial charge in [-0.25, -0.2) is 4.79 Å². The first-order valence-corrected chi connectivity index (χ1v) is 6.42. The van der Waals surface area contributed by atoms with Gasteiger partial charge < -0.3 is 8.92 Å². The smallest absolute Gasteiger partial charge is 0.429 e. The molecule has 0 radical (unpaired) electrons. The van der Waals surface area contributed by atoms with Crippen LogP contribution in [0.2, 0.25) is 0 Å². The van der Waals surface area contributed by atoms with Gasteiger partial charge >= 0.3 is 22.0 Å². The third kappa shape index (κ3) is 4.66. The van der Waals surface area contributed by atoms with Crippen molar-refractivity contribution >= 4 is 22.3 Å². The van der Waals surface area contributed by atoms with Crippen LogP contribution in [-0.4, -0.2) is 20.3 Å². The summed E-state index contributed by atoms with van der Waals surface area (Å²) < 4.78 is 52.8. The third-order valence-electron chi connectivity index (χ3n) is 1.97. The molecule has 0 atom stereocenters. The molecule has 0 saturated carbocycles. The first-order chi connectivity index (χ1) is 8.85.